The molecular weight excluding hydrogens is 446 g/mol. The third-order valence-corrected chi connectivity index (χ3v) is 7.66. The highest BCUT2D eigenvalue weighted by atomic mass is 32.2. The van der Waals surface area contributed by atoms with E-state index in [2.05, 4.69) is 10.0 Å². The van der Waals surface area contributed by atoms with Crippen LogP contribution in [-0.2, 0) is 19.6 Å². The second-order valence-corrected chi connectivity index (χ2v) is 10.0. The number of nitrogens with zero attached hydrogens (tertiary/aromatic N) is 1. The van der Waals surface area contributed by atoms with Crippen molar-refractivity contribution in [2.45, 2.75) is 17.1 Å². The van der Waals surface area contributed by atoms with Crippen molar-refractivity contribution < 1.29 is 18.0 Å². The highest BCUT2D eigenvalue weighted by Gasteiger charge is 2.21. The number of para-hydroxylation sites is 2. The third-order valence-electron chi connectivity index (χ3n) is 4.89. The fourth-order valence-corrected chi connectivity index (χ4v) is 5.40. The first kappa shape index (κ1) is 21.8. The summed E-state index contributed by atoms with van der Waals surface area (Å²) in [6.07, 6.45) is 4.47. The summed E-state index contributed by atoms with van der Waals surface area (Å²) < 4.78 is 27.7. The molecule has 0 saturated carbocycles. The number of sulfonamides is 1. The fraction of sp³-hybridized carbons (Fsp3) is 0.130. The van der Waals surface area contributed by atoms with Gasteiger partial charge in [-0.2, -0.15) is 0 Å². The minimum Gasteiger partial charge on any atom is -0.321 e. The van der Waals surface area contributed by atoms with E-state index >= 15 is 0 Å². The Bertz CT molecular complexity index is 1250. The van der Waals surface area contributed by atoms with Gasteiger partial charge in [0.1, 0.15) is 4.21 Å². The van der Waals surface area contributed by atoms with Gasteiger partial charge in [-0.05, 0) is 53.8 Å². The van der Waals surface area contributed by atoms with E-state index < -0.39 is 15.9 Å². The second-order valence-electron chi connectivity index (χ2n) is 7.15. The van der Waals surface area contributed by atoms with Crippen molar-refractivity contribution in [3.05, 3.63) is 77.7 Å². The number of amides is 2. The lowest BCUT2D eigenvalue weighted by atomic mass is 10.2. The molecule has 9 heteroatoms. The normalized spacial score (nSPS) is 14.1. The van der Waals surface area contributed by atoms with E-state index in [4.69, 9.17) is 0 Å². The van der Waals surface area contributed by atoms with Crippen molar-refractivity contribution in [3.63, 3.8) is 0 Å². The summed E-state index contributed by atoms with van der Waals surface area (Å²) in [4.78, 5) is 26.0. The zero-order valence-electron chi connectivity index (χ0n) is 17.0. The van der Waals surface area contributed by atoms with Crippen LogP contribution in [-0.4, -0.2) is 26.8 Å². The minimum atomic E-state index is -3.73. The van der Waals surface area contributed by atoms with Gasteiger partial charge >= 0.3 is 0 Å². The maximum atomic E-state index is 12.5. The molecule has 7 nitrogen and oxygen atoms in total. The molecule has 2 heterocycles. The summed E-state index contributed by atoms with van der Waals surface area (Å²) in [5, 5.41) is 4.39. The Labute approximate surface area is 190 Å². The Kier molecular flexibility index (Phi) is 6.38. The van der Waals surface area contributed by atoms with E-state index in [1.807, 2.05) is 24.3 Å². The van der Waals surface area contributed by atoms with E-state index in [1.54, 1.807) is 46.7 Å². The summed E-state index contributed by atoms with van der Waals surface area (Å²) in [6.45, 7) is 0.728. The molecule has 0 atom stereocenters. The van der Waals surface area contributed by atoms with Gasteiger partial charge in [0.25, 0.3) is 10.0 Å². The number of anilines is 3. The van der Waals surface area contributed by atoms with Crippen LogP contribution in [0, 0.1) is 0 Å². The van der Waals surface area contributed by atoms with Gasteiger partial charge in [-0.1, -0.05) is 30.3 Å². The molecule has 0 aliphatic carbocycles. The quantitative estimate of drug-likeness (QED) is 0.506. The summed E-state index contributed by atoms with van der Waals surface area (Å²) >= 11 is 1.11. The standard InChI is InChI=1S/C23H21N3O4S2/c27-21(14-11-17-9-12-18(13-10-17)26-15-3-7-22(26)28)24-19-5-1-2-6-20(19)25-32(29,30)23-8-4-16-31-23/h1-2,4-6,8-14,16,25H,3,7,15H2,(H,24,27)/b14-11+. The van der Waals surface area contributed by atoms with Crippen molar-refractivity contribution in [2.24, 2.45) is 0 Å². The van der Waals surface area contributed by atoms with Crippen LogP contribution in [0.2, 0.25) is 0 Å². The summed E-state index contributed by atoms with van der Waals surface area (Å²) in [5.41, 5.74) is 2.29. The van der Waals surface area contributed by atoms with Crippen LogP contribution in [0.5, 0.6) is 0 Å². The van der Waals surface area contributed by atoms with Gasteiger partial charge < -0.3 is 10.2 Å². The van der Waals surface area contributed by atoms with E-state index in [0.29, 0.717) is 12.1 Å². The van der Waals surface area contributed by atoms with Crippen molar-refractivity contribution in [3.8, 4) is 0 Å². The van der Waals surface area contributed by atoms with Crippen LogP contribution in [0.1, 0.15) is 18.4 Å². The Morgan fingerprint density at radius 3 is 2.41 bits per heavy atom. The lowest BCUT2D eigenvalue weighted by Gasteiger charge is -2.15. The van der Waals surface area contributed by atoms with Gasteiger partial charge in [-0.3, -0.25) is 14.3 Å². The average Bonchev–Trinajstić information content (AvgIpc) is 3.46. The summed E-state index contributed by atoms with van der Waals surface area (Å²) in [5.74, 6) is -0.271. The van der Waals surface area contributed by atoms with E-state index in [0.717, 1.165) is 35.6 Å². The zero-order chi connectivity index (χ0) is 22.6. The predicted octanol–water partition coefficient (Wildman–Crippen LogP) is 4.33. The molecule has 1 aliphatic rings. The third kappa shape index (κ3) is 5.06. The van der Waals surface area contributed by atoms with E-state index in [-0.39, 0.29) is 15.8 Å². The summed E-state index contributed by atoms with van der Waals surface area (Å²) in [7, 11) is -3.73. The van der Waals surface area contributed by atoms with Crippen LogP contribution in [0.15, 0.2) is 76.3 Å². The highest BCUT2D eigenvalue weighted by molar-refractivity contribution is 7.94. The van der Waals surface area contributed by atoms with Crippen molar-refractivity contribution in [2.75, 3.05) is 21.5 Å². The molecule has 1 aromatic heterocycles. The monoisotopic (exact) mass is 467 g/mol. The van der Waals surface area contributed by atoms with Crippen LogP contribution in [0.3, 0.4) is 0 Å². The van der Waals surface area contributed by atoms with Crippen LogP contribution < -0.4 is 14.9 Å². The zero-order valence-corrected chi connectivity index (χ0v) is 18.7. The molecule has 1 aliphatic heterocycles. The molecule has 32 heavy (non-hydrogen) atoms. The molecule has 2 N–H and O–H groups in total. The first-order valence-electron chi connectivity index (χ1n) is 9.97. The average molecular weight is 468 g/mol. The SMILES string of the molecule is O=C(/C=C/c1ccc(N2CCCC2=O)cc1)Nc1ccccc1NS(=O)(=O)c1cccs1. The molecule has 0 radical (unpaired) electrons. The van der Waals surface area contributed by atoms with Gasteiger partial charge in [0.05, 0.1) is 11.4 Å². The topological polar surface area (TPSA) is 95.6 Å². The highest BCUT2D eigenvalue weighted by Crippen LogP contribution is 2.26. The minimum absolute atomic E-state index is 0.126. The number of hydrogen-bond donors (Lipinski definition) is 2. The molecule has 1 fully saturated rings. The van der Waals surface area contributed by atoms with Crippen LogP contribution in [0.4, 0.5) is 17.1 Å². The summed E-state index contributed by atoms with van der Waals surface area (Å²) in [6, 6.07) is 17.2. The van der Waals surface area contributed by atoms with Crippen molar-refractivity contribution in [1.29, 1.82) is 0 Å². The number of carbonyl (C=O) groups is 2. The smallest absolute Gasteiger partial charge is 0.271 e. The van der Waals surface area contributed by atoms with Gasteiger partial charge in [-0.15, -0.1) is 11.3 Å². The molecular formula is C23H21N3O4S2. The largest absolute Gasteiger partial charge is 0.321 e. The molecule has 2 amide bonds. The molecule has 2 aromatic carbocycles. The molecule has 4 rings (SSSR count). The fourth-order valence-electron chi connectivity index (χ4n) is 3.33. The molecule has 164 valence electrons. The molecule has 1 saturated heterocycles. The van der Waals surface area contributed by atoms with E-state index in [9.17, 15) is 18.0 Å². The predicted molar refractivity (Wildman–Crippen MR) is 127 cm³/mol. The Hall–Kier alpha value is -3.43. The van der Waals surface area contributed by atoms with E-state index in [1.165, 1.54) is 12.1 Å². The van der Waals surface area contributed by atoms with Gasteiger partial charge in [0.2, 0.25) is 11.8 Å². The van der Waals surface area contributed by atoms with Crippen LogP contribution >= 0.6 is 11.3 Å². The van der Waals surface area contributed by atoms with Gasteiger partial charge in [-0.25, -0.2) is 8.42 Å². The van der Waals surface area contributed by atoms with Gasteiger partial charge in [0, 0.05) is 24.7 Å². The molecule has 3 aromatic rings. The number of benzene rings is 2. The Morgan fingerprint density at radius 1 is 1.00 bits per heavy atom. The number of carbonyl (C=O) groups excluding carboxylic acids is 2. The van der Waals surface area contributed by atoms with Gasteiger partial charge in [0.15, 0.2) is 0 Å². The maximum Gasteiger partial charge on any atom is 0.271 e. The lowest BCUT2D eigenvalue weighted by Crippen LogP contribution is -2.23. The first-order valence-corrected chi connectivity index (χ1v) is 12.3. The van der Waals surface area contributed by atoms with Crippen LogP contribution in [0.25, 0.3) is 6.08 Å². The van der Waals surface area contributed by atoms with Crippen molar-refractivity contribution in [1.82, 2.24) is 0 Å². The number of rotatable bonds is 7. The lowest BCUT2D eigenvalue weighted by molar-refractivity contribution is -0.117. The number of thiophene rings is 1. The van der Waals surface area contributed by atoms with Crippen molar-refractivity contribution >= 4 is 56.3 Å². The number of hydrogen-bond acceptors (Lipinski definition) is 5. The second kappa shape index (κ2) is 9.37. The Balaban J connectivity index is 1.42. The maximum absolute atomic E-state index is 12.5. The molecule has 0 unspecified atom stereocenters. The first-order chi connectivity index (χ1) is 15.4. The molecule has 0 bridgehead atoms. The molecule has 0 spiro atoms. The number of nitrogens with one attached hydrogen (secondary N) is 2. The Morgan fingerprint density at radius 2 is 1.75 bits per heavy atom.